The molecule has 6 heteroatoms. The number of allylic oxidation sites excluding steroid dienone is 1. The van der Waals surface area contributed by atoms with E-state index in [1.807, 2.05) is 6.08 Å². The molecule has 0 saturated carbocycles. The van der Waals surface area contributed by atoms with Gasteiger partial charge in [0.1, 0.15) is 6.61 Å². The van der Waals surface area contributed by atoms with Crippen molar-refractivity contribution in [2.45, 2.75) is 58.5 Å². The highest BCUT2D eigenvalue weighted by Gasteiger charge is 2.14. The average Bonchev–Trinajstić information content (AvgIpc) is 2.78. The second-order valence-electron chi connectivity index (χ2n) is 7.41. The van der Waals surface area contributed by atoms with Gasteiger partial charge in [-0.15, -0.1) is 0 Å². The Hall–Kier alpha value is -2.60. The number of rotatable bonds is 14. The Labute approximate surface area is 184 Å². The molecule has 0 aliphatic heterocycles. The van der Waals surface area contributed by atoms with Crippen molar-refractivity contribution in [2.75, 3.05) is 13.2 Å². The highest BCUT2D eigenvalue weighted by Crippen LogP contribution is 2.26. The van der Waals surface area contributed by atoms with Gasteiger partial charge in [0.2, 0.25) is 0 Å². The third-order valence-corrected chi connectivity index (χ3v) is 4.81. The van der Waals surface area contributed by atoms with Gasteiger partial charge in [-0.3, -0.25) is 0 Å². The van der Waals surface area contributed by atoms with E-state index in [0.29, 0.717) is 5.56 Å². The van der Waals surface area contributed by atoms with E-state index in [1.54, 1.807) is 18.2 Å². The summed E-state index contributed by atoms with van der Waals surface area (Å²) in [7, 11) is 0. The lowest BCUT2D eigenvalue weighted by Gasteiger charge is -2.12. The Morgan fingerprint density at radius 1 is 1.10 bits per heavy atom. The summed E-state index contributed by atoms with van der Waals surface area (Å²) in [5, 5.41) is 0. The summed E-state index contributed by atoms with van der Waals surface area (Å²) < 4.78 is 40.1. The van der Waals surface area contributed by atoms with E-state index < -0.39 is 11.6 Å². The molecule has 1 aromatic carbocycles. The summed E-state index contributed by atoms with van der Waals surface area (Å²) in [6.07, 6.45) is 14.2. The van der Waals surface area contributed by atoms with Gasteiger partial charge in [0.15, 0.2) is 11.6 Å². The van der Waals surface area contributed by atoms with Crippen LogP contribution >= 0.6 is 0 Å². The fourth-order valence-corrected chi connectivity index (χ4v) is 3.03. The molecular weight excluding hydrogens is 398 g/mol. The first kappa shape index (κ1) is 24.7. The highest BCUT2D eigenvalue weighted by molar-refractivity contribution is 5.65. The van der Waals surface area contributed by atoms with Crippen molar-refractivity contribution < 1.29 is 18.3 Å². The van der Waals surface area contributed by atoms with Crippen LogP contribution < -0.4 is 4.74 Å². The number of unbranched alkanes of at least 4 members (excludes halogenated alkanes) is 3. The van der Waals surface area contributed by atoms with Crippen molar-refractivity contribution in [2.24, 2.45) is 0 Å². The van der Waals surface area contributed by atoms with Crippen LogP contribution in [0.25, 0.3) is 17.2 Å². The van der Waals surface area contributed by atoms with Crippen LogP contribution in [0.3, 0.4) is 0 Å². The molecular formula is C25H32F2N2O2. The first-order valence-electron chi connectivity index (χ1n) is 10.9. The van der Waals surface area contributed by atoms with Gasteiger partial charge < -0.3 is 9.47 Å². The lowest BCUT2D eigenvalue weighted by molar-refractivity contribution is 0.0566. The number of ether oxygens (including phenoxy) is 2. The molecule has 0 amide bonds. The number of nitrogens with zero attached hydrogens (tertiary/aromatic N) is 2. The predicted octanol–water partition coefficient (Wildman–Crippen LogP) is 6.77. The lowest BCUT2D eigenvalue weighted by atomic mass is 10.0. The third-order valence-electron chi connectivity index (χ3n) is 4.81. The van der Waals surface area contributed by atoms with Crippen LogP contribution in [-0.4, -0.2) is 29.3 Å². The SMILES string of the molecule is C=CCOc1ncc(-c2ccc(C=CCCCC(C)OCCCCC)c(F)c2F)cn1. The molecule has 0 bridgehead atoms. The van der Waals surface area contributed by atoms with E-state index in [-0.39, 0.29) is 29.8 Å². The minimum Gasteiger partial charge on any atom is -0.459 e. The largest absolute Gasteiger partial charge is 0.459 e. The van der Waals surface area contributed by atoms with Gasteiger partial charge in [-0.1, -0.05) is 56.7 Å². The number of hydrogen-bond donors (Lipinski definition) is 0. The summed E-state index contributed by atoms with van der Waals surface area (Å²) in [5.74, 6) is -1.80. The maximum absolute atomic E-state index is 14.6. The van der Waals surface area contributed by atoms with Gasteiger partial charge in [0, 0.05) is 35.7 Å². The number of hydrogen-bond acceptors (Lipinski definition) is 4. The molecule has 2 aromatic rings. The minimum atomic E-state index is -0.917. The van der Waals surface area contributed by atoms with Crippen molar-refractivity contribution in [3.05, 3.63) is 60.5 Å². The van der Waals surface area contributed by atoms with Crippen LogP contribution in [0.15, 0.2) is 43.3 Å². The van der Waals surface area contributed by atoms with Crippen LogP contribution in [0.1, 0.15) is 57.9 Å². The second-order valence-corrected chi connectivity index (χ2v) is 7.41. The molecule has 0 aliphatic carbocycles. The fraction of sp³-hybridized carbons (Fsp3) is 0.440. The van der Waals surface area contributed by atoms with Gasteiger partial charge >= 0.3 is 6.01 Å². The molecule has 0 aliphatic rings. The molecule has 1 heterocycles. The minimum absolute atomic E-state index is 0.110. The molecule has 2 rings (SSSR count). The zero-order chi connectivity index (χ0) is 22.5. The zero-order valence-electron chi connectivity index (χ0n) is 18.4. The van der Waals surface area contributed by atoms with Crippen LogP contribution in [0, 0.1) is 11.6 Å². The summed E-state index contributed by atoms with van der Waals surface area (Å²) >= 11 is 0. The third kappa shape index (κ3) is 8.21. The summed E-state index contributed by atoms with van der Waals surface area (Å²) in [4.78, 5) is 8.01. The molecule has 0 radical (unpaired) electrons. The van der Waals surface area contributed by atoms with Crippen molar-refractivity contribution in [1.82, 2.24) is 9.97 Å². The van der Waals surface area contributed by atoms with Crippen LogP contribution in [0.4, 0.5) is 8.78 Å². The molecule has 31 heavy (non-hydrogen) atoms. The van der Waals surface area contributed by atoms with Gasteiger partial charge in [0.25, 0.3) is 0 Å². The van der Waals surface area contributed by atoms with Gasteiger partial charge in [0.05, 0.1) is 6.10 Å². The zero-order valence-corrected chi connectivity index (χ0v) is 18.4. The summed E-state index contributed by atoms with van der Waals surface area (Å²) in [6.45, 7) is 8.86. The van der Waals surface area contributed by atoms with Gasteiger partial charge in [-0.25, -0.2) is 18.7 Å². The van der Waals surface area contributed by atoms with E-state index >= 15 is 0 Å². The maximum atomic E-state index is 14.6. The number of aromatic nitrogens is 2. The molecule has 1 unspecified atom stereocenters. The van der Waals surface area contributed by atoms with Crippen molar-refractivity contribution in [3.8, 4) is 17.1 Å². The van der Waals surface area contributed by atoms with E-state index in [2.05, 4.69) is 30.4 Å². The molecule has 1 aromatic heterocycles. The van der Waals surface area contributed by atoms with Crippen LogP contribution in [0.5, 0.6) is 6.01 Å². The Kier molecular flexibility index (Phi) is 10.9. The standard InChI is InChI=1S/C25H32F2N2O2/c1-4-6-10-16-30-19(3)11-8-7-9-12-20-13-14-22(24(27)23(20)26)21-17-28-25(29-18-21)31-15-5-2/h5,9,12-14,17-19H,2,4,6-8,10-11,15-16H2,1,3H3. The predicted molar refractivity (Wildman–Crippen MR) is 121 cm³/mol. The monoisotopic (exact) mass is 430 g/mol. The molecule has 0 spiro atoms. The van der Waals surface area contributed by atoms with E-state index in [4.69, 9.17) is 9.47 Å². The number of halogens is 2. The Balaban J connectivity index is 1.88. The summed E-state index contributed by atoms with van der Waals surface area (Å²) in [5.41, 5.74) is 0.710. The second kappa shape index (κ2) is 13.7. The molecule has 0 saturated heterocycles. The molecule has 0 N–H and O–H groups in total. The van der Waals surface area contributed by atoms with E-state index in [9.17, 15) is 8.78 Å². The molecule has 4 nitrogen and oxygen atoms in total. The van der Waals surface area contributed by atoms with E-state index in [1.165, 1.54) is 31.3 Å². The smallest absolute Gasteiger partial charge is 0.316 e. The molecule has 1 atom stereocenters. The lowest BCUT2D eigenvalue weighted by Crippen LogP contribution is -2.08. The Morgan fingerprint density at radius 2 is 1.87 bits per heavy atom. The van der Waals surface area contributed by atoms with Crippen molar-refractivity contribution >= 4 is 6.08 Å². The normalized spacial score (nSPS) is 12.3. The topological polar surface area (TPSA) is 44.2 Å². The van der Waals surface area contributed by atoms with Crippen molar-refractivity contribution in [3.63, 3.8) is 0 Å². The molecule has 0 fully saturated rings. The number of benzene rings is 1. The quantitative estimate of drug-likeness (QED) is 0.245. The van der Waals surface area contributed by atoms with Gasteiger partial charge in [-0.05, 0) is 32.6 Å². The average molecular weight is 431 g/mol. The fourth-order valence-electron chi connectivity index (χ4n) is 3.03. The van der Waals surface area contributed by atoms with E-state index in [0.717, 1.165) is 32.3 Å². The highest BCUT2D eigenvalue weighted by atomic mass is 19.2. The van der Waals surface area contributed by atoms with Crippen LogP contribution in [0.2, 0.25) is 0 Å². The Morgan fingerprint density at radius 3 is 2.58 bits per heavy atom. The van der Waals surface area contributed by atoms with Crippen molar-refractivity contribution in [1.29, 1.82) is 0 Å². The van der Waals surface area contributed by atoms with Crippen LogP contribution in [-0.2, 0) is 4.74 Å². The first-order valence-corrected chi connectivity index (χ1v) is 10.9. The Bertz CT molecular complexity index is 838. The summed E-state index contributed by atoms with van der Waals surface area (Å²) in [6, 6.07) is 3.25. The van der Waals surface area contributed by atoms with Gasteiger partial charge in [-0.2, -0.15) is 0 Å². The first-order chi connectivity index (χ1) is 15.1. The molecule has 168 valence electrons. The maximum Gasteiger partial charge on any atom is 0.316 e.